The summed E-state index contributed by atoms with van der Waals surface area (Å²) in [5, 5.41) is 5.50. The highest BCUT2D eigenvalue weighted by Crippen LogP contribution is 2.21. The highest BCUT2D eigenvalue weighted by molar-refractivity contribution is 7.89. The van der Waals surface area contributed by atoms with Gasteiger partial charge in [0.1, 0.15) is 0 Å². The number of hydrogen-bond donors (Lipinski definition) is 1. The summed E-state index contributed by atoms with van der Waals surface area (Å²) >= 11 is 0. The predicted octanol–water partition coefficient (Wildman–Crippen LogP) is 2.22. The first-order chi connectivity index (χ1) is 11.6. The molecule has 1 aromatic heterocycles. The van der Waals surface area contributed by atoms with Crippen molar-refractivity contribution in [1.82, 2.24) is 14.2 Å². The zero-order valence-electron chi connectivity index (χ0n) is 13.2. The molecule has 124 valence electrons. The molecule has 0 unspecified atom stereocenters. The number of rotatable bonds is 3. The van der Waals surface area contributed by atoms with Gasteiger partial charge in [0.05, 0.1) is 4.90 Å². The van der Waals surface area contributed by atoms with Gasteiger partial charge in [-0.1, -0.05) is 24.3 Å². The molecule has 0 aliphatic carbocycles. The second-order valence-electron chi connectivity index (χ2n) is 5.94. The van der Waals surface area contributed by atoms with E-state index in [4.69, 9.17) is 0 Å². The molecule has 0 atom stereocenters. The Kier molecular flexibility index (Phi) is 3.88. The molecule has 2 heterocycles. The summed E-state index contributed by atoms with van der Waals surface area (Å²) in [7, 11) is -3.40. The summed E-state index contributed by atoms with van der Waals surface area (Å²) in [6.07, 6.45) is 4.10. The van der Waals surface area contributed by atoms with Gasteiger partial charge >= 0.3 is 0 Å². The van der Waals surface area contributed by atoms with Crippen LogP contribution in [-0.4, -0.2) is 43.5 Å². The molecular weight excluding hydrogens is 322 g/mol. The molecule has 1 aliphatic heterocycles. The molecule has 0 radical (unpaired) electrons. The lowest BCUT2D eigenvalue weighted by atomic mass is 10.2. The fourth-order valence-corrected chi connectivity index (χ4v) is 4.50. The van der Waals surface area contributed by atoms with Gasteiger partial charge in [0.25, 0.3) is 0 Å². The van der Waals surface area contributed by atoms with Crippen molar-refractivity contribution in [3.05, 3.63) is 60.9 Å². The molecule has 5 nitrogen and oxygen atoms in total. The Morgan fingerprint density at radius 3 is 2.00 bits per heavy atom. The molecule has 0 spiro atoms. The molecule has 0 bridgehead atoms. The van der Waals surface area contributed by atoms with Crippen LogP contribution in [0.2, 0.25) is 0 Å². The normalized spacial score (nSPS) is 16.5. The minimum absolute atomic E-state index is 0.352. The quantitative estimate of drug-likeness (QED) is 0.795. The first-order valence-corrected chi connectivity index (χ1v) is 9.47. The lowest BCUT2D eigenvalue weighted by Gasteiger charge is -2.26. The van der Waals surface area contributed by atoms with Crippen LogP contribution in [0.3, 0.4) is 0 Å². The van der Waals surface area contributed by atoms with E-state index in [0.717, 1.165) is 16.5 Å². The Morgan fingerprint density at radius 2 is 1.42 bits per heavy atom. The number of piperazine rings is 1. The average Bonchev–Trinajstić information content (AvgIpc) is 3.07. The van der Waals surface area contributed by atoms with Gasteiger partial charge in [-0.05, 0) is 35.0 Å². The van der Waals surface area contributed by atoms with E-state index in [2.05, 4.69) is 29.8 Å². The molecule has 0 amide bonds. The van der Waals surface area contributed by atoms with E-state index in [1.807, 2.05) is 28.8 Å². The van der Waals surface area contributed by atoms with E-state index in [0.29, 0.717) is 31.1 Å². The number of benzene rings is 2. The van der Waals surface area contributed by atoms with E-state index in [1.165, 1.54) is 0 Å². The third kappa shape index (κ3) is 2.73. The van der Waals surface area contributed by atoms with Gasteiger partial charge in [-0.3, -0.25) is 0 Å². The summed E-state index contributed by atoms with van der Waals surface area (Å²) in [5.41, 5.74) is 0.950. The number of hydrogen-bond acceptors (Lipinski definition) is 3. The summed E-state index contributed by atoms with van der Waals surface area (Å²) in [6, 6.07) is 15.2. The molecule has 1 saturated heterocycles. The summed E-state index contributed by atoms with van der Waals surface area (Å²) in [5.74, 6) is 0. The Hall–Kier alpha value is -2.15. The maximum Gasteiger partial charge on any atom is 0.243 e. The molecule has 1 fully saturated rings. The van der Waals surface area contributed by atoms with Crippen LogP contribution in [0.15, 0.2) is 65.8 Å². The highest BCUT2D eigenvalue weighted by atomic mass is 32.2. The minimum atomic E-state index is -3.40. The van der Waals surface area contributed by atoms with Crippen molar-refractivity contribution >= 4 is 20.8 Å². The third-order valence-corrected chi connectivity index (χ3v) is 6.31. The molecular formula is C18H19N3O2S. The van der Waals surface area contributed by atoms with Crippen LogP contribution in [0.5, 0.6) is 0 Å². The summed E-state index contributed by atoms with van der Waals surface area (Å²) in [4.78, 5) is 0.352. The average molecular weight is 341 g/mol. The smallest absolute Gasteiger partial charge is 0.243 e. The van der Waals surface area contributed by atoms with Gasteiger partial charge < -0.3 is 9.88 Å². The predicted molar refractivity (Wildman–Crippen MR) is 94.9 cm³/mol. The molecule has 0 saturated carbocycles. The molecule has 6 heteroatoms. The van der Waals surface area contributed by atoms with Gasteiger partial charge in [-0.15, -0.1) is 0 Å². The van der Waals surface area contributed by atoms with Crippen molar-refractivity contribution < 1.29 is 8.42 Å². The lowest BCUT2D eigenvalue weighted by Crippen LogP contribution is -2.46. The lowest BCUT2D eigenvalue weighted by molar-refractivity contribution is 0.360. The van der Waals surface area contributed by atoms with Crippen molar-refractivity contribution in [3.8, 4) is 5.69 Å². The van der Waals surface area contributed by atoms with E-state index < -0.39 is 10.0 Å². The molecule has 24 heavy (non-hydrogen) atoms. The SMILES string of the molecule is O=S(=O)(c1ccc(-n2cc3ccccc3c2)cc1)N1CCNCC1. The van der Waals surface area contributed by atoms with Gasteiger partial charge in [-0.25, -0.2) is 8.42 Å². The molecule has 1 aliphatic rings. The van der Waals surface area contributed by atoms with E-state index in [1.54, 1.807) is 16.4 Å². The molecule has 3 aromatic rings. The van der Waals surface area contributed by atoms with E-state index >= 15 is 0 Å². The number of nitrogens with one attached hydrogen (secondary N) is 1. The molecule has 4 rings (SSSR count). The Labute approximate surface area is 141 Å². The standard InChI is InChI=1S/C18H19N3O2S/c22-24(23,21-11-9-19-10-12-21)18-7-5-17(6-8-18)20-13-15-3-1-2-4-16(15)14-20/h1-8,13-14,19H,9-12H2. The zero-order valence-corrected chi connectivity index (χ0v) is 14.0. The second-order valence-corrected chi connectivity index (χ2v) is 7.88. The largest absolute Gasteiger partial charge is 0.323 e. The first kappa shape index (κ1) is 15.4. The van der Waals surface area contributed by atoms with Crippen LogP contribution in [-0.2, 0) is 10.0 Å². The highest BCUT2D eigenvalue weighted by Gasteiger charge is 2.25. The van der Waals surface area contributed by atoms with Crippen LogP contribution >= 0.6 is 0 Å². The number of aromatic nitrogens is 1. The first-order valence-electron chi connectivity index (χ1n) is 8.03. The maximum atomic E-state index is 12.7. The zero-order chi connectivity index (χ0) is 16.6. The monoisotopic (exact) mass is 341 g/mol. The minimum Gasteiger partial charge on any atom is -0.323 e. The van der Waals surface area contributed by atoms with Crippen LogP contribution in [0, 0.1) is 0 Å². The number of nitrogens with zero attached hydrogens (tertiary/aromatic N) is 2. The molecule has 1 N–H and O–H groups in total. The van der Waals surface area contributed by atoms with Crippen LogP contribution < -0.4 is 5.32 Å². The Bertz CT molecular complexity index is 922. The van der Waals surface area contributed by atoms with Gasteiger partial charge in [0, 0.05) is 44.3 Å². The van der Waals surface area contributed by atoms with Gasteiger partial charge in [-0.2, -0.15) is 4.31 Å². The van der Waals surface area contributed by atoms with Crippen LogP contribution in [0.4, 0.5) is 0 Å². The number of fused-ring (bicyclic) bond motifs is 1. The van der Waals surface area contributed by atoms with Crippen molar-refractivity contribution in [2.75, 3.05) is 26.2 Å². The fourth-order valence-electron chi connectivity index (χ4n) is 3.06. The maximum absolute atomic E-state index is 12.7. The van der Waals surface area contributed by atoms with Crippen molar-refractivity contribution in [2.24, 2.45) is 0 Å². The Morgan fingerprint density at radius 1 is 0.833 bits per heavy atom. The van der Waals surface area contributed by atoms with E-state index in [9.17, 15) is 8.42 Å². The van der Waals surface area contributed by atoms with Crippen LogP contribution in [0.1, 0.15) is 0 Å². The second kappa shape index (κ2) is 6.05. The third-order valence-electron chi connectivity index (χ3n) is 4.40. The van der Waals surface area contributed by atoms with Crippen molar-refractivity contribution in [2.45, 2.75) is 4.90 Å². The number of sulfonamides is 1. The summed E-state index contributed by atoms with van der Waals surface area (Å²) in [6.45, 7) is 2.45. The fraction of sp³-hybridized carbons (Fsp3) is 0.222. The van der Waals surface area contributed by atoms with Gasteiger partial charge in [0.2, 0.25) is 10.0 Å². The van der Waals surface area contributed by atoms with Crippen LogP contribution in [0.25, 0.3) is 16.5 Å². The Balaban J connectivity index is 1.64. The van der Waals surface area contributed by atoms with Crippen molar-refractivity contribution in [1.29, 1.82) is 0 Å². The van der Waals surface area contributed by atoms with E-state index in [-0.39, 0.29) is 0 Å². The van der Waals surface area contributed by atoms with Crippen molar-refractivity contribution in [3.63, 3.8) is 0 Å². The summed E-state index contributed by atoms with van der Waals surface area (Å²) < 4.78 is 28.9. The van der Waals surface area contributed by atoms with Gasteiger partial charge in [0.15, 0.2) is 0 Å². The topological polar surface area (TPSA) is 54.3 Å². The molecule has 2 aromatic carbocycles.